The van der Waals surface area contributed by atoms with E-state index >= 15 is 0 Å². The zero-order chi connectivity index (χ0) is 13.7. The molecule has 3 heteroatoms. The fraction of sp³-hybridized carbons (Fsp3) is 0.125. The van der Waals surface area contributed by atoms with Crippen molar-refractivity contribution in [3.8, 4) is 11.8 Å². The van der Waals surface area contributed by atoms with E-state index in [9.17, 15) is 4.79 Å². The first-order chi connectivity index (χ1) is 9.15. The third kappa shape index (κ3) is 3.68. The Morgan fingerprint density at radius 2 is 2.05 bits per heavy atom. The van der Waals surface area contributed by atoms with Crippen LogP contribution in [0.4, 0.5) is 0 Å². The Labute approximate surface area is 112 Å². The van der Waals surface area contributed by atoms with Gasteiger partial charge in [0, 0.05) is 29.9 Å². The van der Waals surface area contributed by atoms with E-state index < -0.39 is 0 Å². The van der Waals surface area contributed by atoms with E-state index in [1.54, 1.807) is 36.0 Å². The lowest BCUT2D eigenvalue weighted by atomic mass is 10.1. The zero-order valence-electron chi connectivity index (χ0n) is 10.9. The summed E-state index contributed by atoms with van der Waals surface area (Å²) in [6.45, 7) is 1.55. The molecular formula is C16H14N2O. The smallest absolute Gasteiger partial charge is 0.159 e. The minimum absolute atomic E-state index is 0.0657. The number of hydrogen-bond acceptors (Lipinski definition) is 2. The molecule has 3 nitrogen and oxygen atoms in total. The van der Waals surface area contributed by atoms with E-state index in [1.165, 1.54) is 0 Å². The maximum absolute atomic E-state index is 11.1. The van der Waals surface area contributed by atoms with Gasteiger partial charge in [0.25, 0.3) is 0 Å². The highest BCUT2D eigenvalue weighted by atomic mass is 16.1. The molecule has 0 bridgehead atoms. The molecule has 0 aliphatic carbocycles. The second kappa shape index (κ2) is 5.83. The first-order valence-corrected chi connectivity index (χ1v) is 5.93. The predicted molar refractivity (Wildman–Crippen MR) is 75.6 cm³/mol. The number of carbonyl (C=O) groups excluding carboxylic acids is 1. The fourth-order valence-corrected chi connectivity index (χ4v) is 1.58. The number of benzene rings is 1. The third-order valence-electron chi connectivity index (χ3n) is 2.59. The van der Waals surface area contributed by atoms with Gasteiger partial charge in [-0.05, 0) is 31.2 Å². The van der Waals surface area contributed by atoms with Gasteiger partial charge < -0.3 is 0 Å². The number of ketones is 1. The van der Waals surface area contributed by atoms with E-state index in [2.05, 4.69) is 16.9 Å². The highest BCUT2D eigenvalue weighted by Gasteiger charge is 1.96. The molecular weight excluding hydrogens is 236 g/mol. The molecule has 2 rings (SSSR count). The lowest BCUT2D eigenvalue weighted by Crippen LogP contribution is -1.90. The Morgan fingerprint density at radius 3 is 2.63 bits per heavy atom. The normalized spacial score (nSPS) is 10.2. The van der Waals surface area contributed by atoms with Crippen molar-refractivity contribution in [2.45, 2.75) is 6.92 Å². The molecule has 19 heavy (non-hydrogen) atoms. The van der Waals surface area contributed by atoms with Crippen LogP contribution in [0, 0.1) is 11.8 Å². The summed E-state index contributed by atoms with van der Waals surface area (Å²) >= 11 is 0. The van der Waals surface area contributed by atoms with Gasteiger partial charge in [-0.3, -0.25) is 9.48 Å². The summed E-state index contributed by atoms with van der Waals surface area (Å²) in [7, 11) is 1.87. The third-order valence-corrected chi connectivity index (χ3v) is 2.59. The Kier molecular flexibility index (Phi) is 3.94. The van der Waals surface area contributed by atoms with Crippen molar-refractivity contribution in [1.29, 1.82) is 0 Å². The molecule has 0 amide bonds. The van der Waals surface area contributed by atoms with Gasteiger partial charge in [0.05, 0.1) is 6.20 Å². The van der Waals surface area contributed by atoms with Crippen LogP contribution in [0.1, 0.15) is 28.4 Å². The van der Waals surface area contributed by atoms with Crippen LogP contribution in [0.2, 0.25) is 0 Å². The van der Waals surface area contributed by atoms with Crippen molar-refractivity contribution < 1.29 is 4.79 Å². The quantitative estimate of drug-likeness (QED) is 0.606. The molecule has 0 saturated carbocycles. The van der Waals surface area contributed by atoms with E-state index in [0.717, 1.165) is 11.1 Å². The van der Waals surface area contributed by atoms with Crippen LogP contribution in [0.5, 0.6) is 0 Å². The molecule has 0 fully saturated rings. The zero-order valence-corrected chi connectivity index (χ0v) is 10.9. The van der Waals surface area contributed by atoms with E-state index in [-0.39, 0.29) is 5.78 Å². The van der Waals surface area contributed by atoms with Crippen molar-refractivity contribution in [3.63, 3.8) is 0 Å². The highest BCUT2D eigenvalue weighted by molar-refractivity contribution is 5.94. The topological polar surface area (TPSA) is 34.9 Å². The molecule has 0 spiro atoms. The van der Waals surface area contributed by atoms with Gasteiger partial charge >= 0.3 is 0 Å². The Balaban J connectivity index is 2.03. The second-order valence-corrected chi connectivity index (χ2v) is 4.18. The van der Waals surface area contributed by atoms with Crippen LogP contribution < -0.4 is 0 Å². The number of hydrogen-bond donors (Lipinski definition) is 0. The molecule has 2 aromatic rings. The largest absolute Gasteiger partial charge is 0.295 e. The van der Waals surface area contributed by atoms with Crippen LogP contribution in [0.15, 0.2) is 42.7 Å². The lowest BCUT2D eigenvalue weighted by molar-refractivity contribution is 0.101. The maximum Gasteiger partial charge on any atom is 0.159 e. The Bertz CT molecular complexity index is 667. The van der Waals surface area contributed by atoms with Crippen LogP contribution in [0.25, 0.3) is 6.08 Å². The van der Waals surface area contributed by atoms with Crippen molar-refractivity contribution in [2.75, 3.05) is 0 Å². The standard InChI is InChI=1S/C16H14N2O/c1-13(19)16-9-7-14(8-10-16)5-3-4-6-15-11-17-18(2)12-15/h4,6-12H,1-2H3/b6-4+. The van der Waals surface area contributed by atoms with Gasteiger partial charge in [0.2, 0.25) is 0 Å². The molecule has 0 aliphatic heterocycles. The van der Waals surface area contributed by atoms with E-state index in [0.29, 0.717) is 5.56 Å². The molecule has 0 unspecified atom stereocenters. The number of aromatic nitrogens is 2. The van der Waals surface area contributed by atoms with E-state index in [1.807, 2.05) is 31.5 Å². The van der Waals surface area contributed by atoms with Crippen LogP contribution >= 0.6 is 0 Å². The summed E-state index contributed by atoms with van der Waals surface area (Å²) in [5, 5.41) is 4.07. The summed E-state index contributed by atoms with van der Waals surface area (Å²) in [4.78, 5) is 11.1. The summed E-state index contributed by atoms with van der Waals surface area (Å²) in [6, 6.07) is 7.28. The summed E-state index contributed by atoms with van der Waals surface area (Å²) in [5.41, 5.74) is 2.61. The van der Waals surface area contributed by atoms with Gasteiger partial charge in [0.15, 0.2) is 5.78 Å². The van der Waals surface area contributed by atoms with Crippen molar-refractivity contribution in [3.05, 3.63) is 59.4 Å². The van der Waals surface area contributed by atoms with Crippen molar-refractivity contribution in [1.82, 2.24) is 9.78 Å². The number of nitrogens with zero attached hydrogens (tertiary/aromatic N) is 2. The molecule has 1 aromatic heterocycles. The summed E-state index contributed by atoms with van der Waals surface area (Å²) in [6.07, 6.45) is 7.39. The number of allylic oxidation sites excluding steroid dienone is 1. The van der Waals surface area contributed by atoms with Gasteiger partial charge in [-0.15, -0.1) is 0 Å². The maximum atomic E-state index is 11.1. The molecule has 0 saturated heterocycles. The van der Waals surface area contributed by atoms with Crippen molar-refractivity contribution >= 4 is 11.9 Å². The Morgan fingerprint density at radius 1 is 1.32 bits per heavy atom. The second-order valence-electron chi connectivity index (χ2n) is 4.18. The minimum Gasteiger partial charge on any atom is -0.295 e. The van der Waals surface area contributed by atoms with Gasteiger partial charge in [-0.25, -0.2) is 0 Å². The summed E-state index contributed by atoms with van der Waals surface area (Å²) in [5.74, 6) is 6.03. The molecule has 0 atom stereocenters. The van der Waals surface area contributed by atoms with E-state index in [4.69, 9.17) is 0 Å². The van der Waals surface area contributed by atoms with Crippen molar-refractivity contribution in [2.24, 2.45) is 7.05 Å². The first-order valence-electron chi connectivity index (χ1n) is 5.93. The van der Waals surface area contributed by atoms with Crippen LogP contribution in [0.3, 0.4) is 0 Å². The highest BCUT2D eigenvalue weighted by Crippen LogP contribution is 2.04. The number of carbonyl (C=O) groups is 1. The molecule has 0 radical (unpaired) electrons. The van der Waals surface area contributed by atoms with Gasteiger partial charge in [0.1, 0.15) is 0 Å². The average molecular weight is 250 g/mol. The lowest BCUT2D eigenvalue weighted by Gasteiger charge is -1.94. The molecule has 0 aliphatic rings. The monoisotopic (exact) mass is 250 g/mol. The van der Waals surface area contributed by atoms with Gasteiger partial charge in [-0.1, -0.05) is 24.0 Å². The first kappa shape index (κ1) is 12.8. The number of rotatable bonds is 2. The molecule has 94 valence electrons. The molecule has 1 heterocycles. The molecule has 1 aromatic carbocycles. The SMILES string of the molecule is CC(=O)c1ccc(C#C/C=C/c2cnn(C)c2)cc1. The fourth-order valence-electron chi connectivity index (χ4n) is 1.58. The average Bonchev–Trinajstić information content (AvgIpc) is 2.81. The minimum atomic E-state index is 0.0657. The van der Waals surface area contributed by atoms with Gasteiger partial charge in [-0.2, -0.15) is 5.10 Å². The molecule has 0 N–H and O–H groups in total. The number of aryl methyl sites for hydroxylation is 1. The van der Waals surface area contributed by atoms with Crippen LogP contribution in [-0.2, 0) is 7.05 Å². The van der Waals surface area contributed by atoms with Crippen LogP contribution in [-0.4, -0.2) is 15.6 Å². The Hall–Kier alpha value is -2.60. The summed E-state index contributed by atoms with van der Waals surface area (Å²) < 4.78 is 1.74. The number of Topliss-reactive ketones (excluding diaryl/α,β-unsaturated/α-hetero) is 1. The predicted octanol–water partition coefficient (Wildman–Crippen LogP) is 2.69.